The van der Waals surface area contributed by atoms with Crippen LogP contribution in [0.5, 0.6) is 11.5 Å². The van der Waals surface area contributed by atoms with Crippen molar-refractivity contribution in [2.24, 2.45) is 10.9 Å². The number of methoxy groups -OCH3 is 2. The van der Waals surface area contributed by atoms with Gasteiger partial charge >= 0.3 is 0 Å². The fourth-order valence-electron chi connectivity index (χ4n) is 3.89. The van der Waals surface area contributed by atoms with Crippen molar-refractivity contribution in [2.75, 3.05) is 27.3 Å². The van der Waals surface area contributed by atoms with Crippen molar-refractivity contribution >= 4 is 36.7 Å². The predicted octanol–water partition coefficient (Wildman–Crippen LogP) is 3.27. The number of β-amino-alcohol motifs (C(OH)–C–C–N with tert-alkyl or cyclic N) is 1. The lowest BCUT2D eigenvalue weighted by Gasteiger charge is -2.30. The average molecular weight is 484 g/mol. The highest BCUT2D eigenvalue weighted by Gasteiger charge is 2.21. The molecular formula is C23H31Cl2N3O4. The van der Waals surface area contributed by atoms with E-state index in [0.717, 1.165) is 30.6 Å². The van der Waals surface area contributed by atoms with E-state index >= 15 is 0 Å². The first-order valence-electron chi connectivity index (χ1n) is 9.92. The van der Waals surface area contributed by atoms with Gasteiger partial charge in [0.15, 0.2) is 17.3 Å². The Bertz CT molecular complexity index is 937. The summed E-state index contributed by atoms with van der Waals surface area (Å²) in [5.41, 5.74) is 9.88. The van der Waals surface area contributed by atoms with Gasteiger partial charge in [-0.05, 0) is 35.3 Å². The molecule has 0 saturated carbocycles. The third kappa shape index (κ3) is 6.77. The third-order valence-electron chi connectivity index (χ3n) is 5.35. The van der Waals surface area contributed by atoms with Crippen LogP contribution in [0, 0.1) is 0 Å². The van der Waals surface area contributed by atoms with E-state index in [1.165, 1.54) is 17.2 Å². The standard InChI is InChI=1S/C23H29N3O4.2ClH/c1-29-21-9-7-17(8-10-22(24)25-28)20(23(21)30-2)13-19(27)15-26-12-11-16-5-3-4-6-18(16)14-26;;/h3-10,19,27-28H,11-15H2,1-2H3,(H2,24,25);2*1H. The Morgan fingerprint density at radius 1 is 1.16 bits per heavy atom. The second-order valence-electron chi connectivity index (χ2n) is 7.34. The molecule has 1 unspecified atom stereocenters. The fraction of sp³-hybridized carbons (Fsp3) is 0.348. The molecular weight excluding hydrogens is 453 g/mol. The molecule has 2 aromatic rings. The summed E-state index contributed by atoms with van der Waals surface area (Å²) in [5, 5.41) is 22.6. The van der Waals surface area contributed by atoms with Crippen LogP contribution in [-0.2, 0) is 19.4 Å². The lowest BCUT2D eigenvalue weighted by Crippen LogP contribution is -2.37. The van der Waals surface area contributed by atoms with Crippen LogP contribution in [-0.4, -0.2) is 54.5 Å². The Morgan fingerprint density at radius 3 is 2.53 bits per heavy atom. The van der Waals surface area contributed by atoms with E-state index in [-0.39, 0.29) is 30.6 Å². The van der Waals surface area contributed by atoms with Gasteiger partial charge in [-0.25, -0.2) is 0 Å². The number of fused-ring (bicyclic) bond motifs is 1. The van der Waals surface area contributed by atoms with Crippen LogP contribution in [0.4, 0.5) is 0 Å². The first-order valence-corrected chi connectivity index (χ1v) is 9.92. The van der Waals surface area contributed by atoms with E-state index in [1.54, 1.807) is 26.4 Å². The second kappa shape index (κ2) is 13.2. The number of rotatable bonds is 8. The van der Waals surface area contributed by atoms with Crippen molar-refractivity contribution in [3.05, 3.63) is 64.7 Å². The zero-order chi connectivity index (χ0) is 21.5. The molecule has 0 fully saturated rings. The Morgan fingerprint density at radius 2 is 1.88 bits per heavy atom. The van der Waals surface area contributed by atoms with Crippen molar-refractivity contribution in [1.82, 2.24) is 4.90 Å². The molecule has 7 nitrogen and oxygen atoms in total. The van der Waals surface area contributed by atoms with Crippen molar-refractivity contribution in [2.45, 2.75) is 25.5 Å². The summed E-state index contributed by atoms with van der Waals surface area (Å²) in [6.07, 6.45) is 4.01. The van der Waals surface area contributed by atoms with E-state index < -0.39 is 6.10 Å². The van der Waals surface area contributed by atoms with E-state index in [4.69, 9.17) is 20.4 Å². The van der Waals surface area contributed by atoms with Crippen LogP contribution >= 0.6 is 24.8 Å². The van der Waals surface area contributed by atoms with Crippen molar-refractivity contribution in [3.8, 4) is 11.5 Å². The maximum Gasteiger partial charge on any atom is 0.164 e. The summed E-state index contributed by atoms with van der Waals surface area (Å²) in [6, 6.07) is 12.1. The first-order chi connectivity index (χ1) is 14.5. The Balaban J connectivity index is 0.00000256. The lowest BCUT2D eigenvalue weighted by atomic mass is 9.97. The van der Waals surface area contributed by atoms with Crippen LogP contribution in [0.15, 0.2) is 47.6 Å². The average Bonchev–Trinajstić information content (AvgIpc) is 2.77. The number of hydrogen-bond acceptors (Lipinski definition) is 6. The van der Waals surface area contributed by atoms with E-state index in [9.17, 15) is 5.11 Å². The van der Waals surface area contributed by atoms with Crippen LogP contribution in [0.1, 0.15) is 22.3 Å². The topological polar surface area (TPSA) is 101 Å². The number of aliphatic hydroxyl groups excluding tert-OH is 1. The summed E-state index contributed by atoms with van der Waals surface area (Å²) in [7, 11) is 3.15. The number of amidine groups is 1. The SMILES string of the molecule is COc1ccc(C=CC(N)=NO)c(CC(O)CN2CCc3ccccc3C2)c1OC.Cl.Cl. The van der Waals surface area contributed by atoms with Gasteiger partial charge in [-0.2, -0.15) is 0 Å². The Hall–Kier alpha value is -2.45. The van der Waals surface area contributed by atoms with Gasteiger partial charge in [-0.3, -0.25) is 4.90 Å². The summed E-state index contributed by atoms with van der Waals surface area (Å²) in [4.78, 5) is 2.27. The van der Waals surface area contributed by atoms with E-state index in [0.29, 0.717) is 24.5 Å². The number of hydrogen-bond donors (Lipinski definition) is 3. The fourth-order valence-corrected chi connectivity index (χ4v) is 3.89. The number of aliphatic hydroxyl groups is 1. The third-order valence-corrected chi connectivity index (χ3v) is 5.35. The Labute approximate surface area is 201 Å². The van der Waals surface area contributed by atoms with E-state index in [1.807, 2.05) is 6.07 Å². The number of nitrogens with two attached hydrogens (primary N) is 1. The van der Waals surface area contributed by atoms with Crippen molar-refractivity contribution in [3.63, 3.8) is 0 Å². The maximum absolute atomic E-state index is 10.9. The number of benzene rings is 2. The van der Waals surface area contributed by atoms with Crippen LogP contribution in [0.25, 0.3) is 6.08 Å². The van der Waals surface area contributed by atoms with Gasteiger partial charge in [0.05, 0.1) is 20.3 Å². The smallest absolute Gasteiger partial charge is 0.164 e. The molecule has 32 heavy (non-hydrogen) atoms. The molecule has 0 aromatic heterocycles. The van der Waals surface area contributed by atoms with Gasteiger partial charge in [0.1, 0.15) is 0 Å². The zero-order valence-electron chi connectivity index (χ0n) is 18.2. The predicted molar refractivity (Wildman–Crippen MR) is 132 cm³/mol. The largest absolute Gasteiger partial charge is 0.493 e. The molecule has 1 atom stereocenters. The van der Waals surface area contributed by atoms with Gasteiger partial charge in [0.25, 0.3) is 0 Å². The maximum atomic E-state index is 10.9. The second-order valence-corrected chi connectivity index (χ2v) is 7.34. The monoisotopic (exact) mass is 483 g/mol. The quantitative estimate of drug-likeness (QED) is 0.230. The highest BCUT2D eigenvalue weighted by molar-refractivity contribution is 5.94. The minimum Gasteiger partial charge on any atom is -0.493 e. The highest BCUT2D eigenvalue weighted by Crippen LogP contribution is 2.35. The highest BCUT2D eigenvalue weighted by atomic mass is 35.5. The summed E-state index contributed by atoms with van der Waals surface area (Å²) in [5.74, 6) is 1.15. The molecule has 0 radical (unpaired) electrons. The number of ether oxygens (including phenoxy) is 2. The minimum absolute atomic E-state index is 0. The van der Waals surface area contributed by atoms with Crippen molar-refractivity contribution < 1.29 is 19.8 Å². The summed E-state index contributed by atoms with van der Waals surface area (Å²) in [6.45, 7) is 2.30. The van der Waals surface area contributed by atoms with Crippen molar-refractivity contribution in [1.29, 1.82) is 0 Å². The van der Waals surface area contributed by atoms with E-state index in [2.05, 4.69) is 34.3 Å². The molecule has 0 bridgehead atoms. The van der Waals surface area contributed by atoms with Gasteiger partial charge in [-0.1, -0.05) is 41.6 Å². The summed E-state index contributed by atoms with van der Waals surface area (Å²) < 4.78 is 11.0. The molecule has 1 heterocycles. The molecule has 0 saturated heterocycles. The number of oxime groups is 1. The molecule has 4 N–H and O–H groups in total. The lowest BCUT2D eigenvalue weighted by molar-refractivity contribution is 0.105. The molecule has 0 aliphatic carbocycles. The van der Waals surface area contributed by atoms with Gasteiger partial charge in [0, 0.05) is 31.6 Å². The van der Waals surface area contributed by atoms with Gasteiger partial charge < -0.3 is 25.5 Å². The molecule has 1 aliphatic heterocycles. The van der Waals surface area contributed by atoms with Gasteiger partial charge in [0.2, 0.25) is 0 Å². The molecule has 0 spiro atoms. The molecule has 0 amide bonds. The molecule has 9 heteroatoms. The minimum atomic E-state index is -0.590. The molecule has 1 aliphatic rings. The number of halogens is 2. The molecule has 2 aromatic carbocycles. The van der Waals surface area contributed by atoms with Crippen LogP contribution in [0.3, 0.4) is 0 Å². The Kier molecular flexibility index (Phi) is 11.4. The van der Waals surface area contributed by atoms with Gasteiger partial charge in [-0.15, -0.1) is 24.8 Å². The molecule has 3 rings (SSSR count). The zero-order valence-corrected chi connectivity index (χ0v) is 19.9. The van der Waals surface area contributed by atoms with Crippen LogP contribution < -0.4 is 15.2 Å². The normalized spacial score (nSPS) is 14.8. The summed E-state index contributed by atoms with van der Waals surface area (Å²) >= 11 is 0. The molecule has 176 valence electrons. The van der Waals surface area contributed by atoms with Crippen LogP contribution in [0.2, 0.25) is 0 Å². The number of nitrogens with zero attached hydrogens (tertiary/aromatic N) is 2. The first kappa shape index (κ1) is 27.6.